The maximum absolute atomic E-state index is 12.9. The molecule has 0 fully saturated rings. The molecule has 3 rings (SSSR count). The number of nitrogens with zero attached hydrogens (tertiary/aromatic N) is 1. The average Bonchev–Trinajstić information content (AvgIpc) is 2.77. The van der Waals surface area contributed by atoms with Crippen LogP contribution < -0.4 is 10.1 Å². The summed E-state index contributed by atoms with van der Waals surface area (Å²) < 4.78 is 5.97. The average molecular weight is 423 g/mol. The smallest absolute Gasteiger partial charge is 0.274 e. The van der Waals surface area contributed by atoms with Crippen molar-refractivity contribution in [2.75, 3.05) is 7.11 Å². The van der Waals surface area contributed by atoms with Crippen molar-refractivity contribution in [1.82, 2.24) is 5.32 Å². The van der Waals surface area contributed by atoms with Gasteiger partial charge in [-0.3, -0.25) is 4.79 Å². The molecule has 0 heterocycles. The van der Waals surface area contributed by atoms with Crippen LogP contribution in [0.5, 0.6) is 5.75 Å². The Kier molecular flexibility index (Phi) is 7.46. The van der Waals surface area contributed by atoms with Crippen molar-refractivity contribution < 1.29 is 14.4 Å². The number of carbonyl (C=O) groups is 1. The van der Waals surface area contributed by atoms with Crippen molar-refractivity contribution >= 4 is 23.2 Å². The van der Waals surface area contributed by atoms with Crippen molar-refractivity contribution in [2.45, 2.75) is 20.1 Å². The third-order valence-electron chi connectivity index (χ3n) is 4.51. The summed E-state index contributed by atoms with van der Waals surface area (Å²) >= 11 is 5.91. The molecule has 0 saturated heterocycles. The Morgan fingerprint density at radius 2 is 1.70 bits per heavy atom. The van der Waals surface area contributed by atoms with Crippen LogP contribution in [-0.4, -0.2) is 18.7 Å². The molecule has 5 nitrogen and oxygen atoms in total. The van der Waals surface area contributed by atoms with Crippen molar-refractivity contribution in [1.29, 1.82) is 0 Å². The number of benzene rings is 3. The highest BCUT2D eigenvalue weighted by molar-refractivity contribution is 6.45. The monoisotopic (exact) mass is 422 g/mol. The van der Waals surface area contributed by atoms with Gasteiger partial charge >= 0.3 is 0 Å². The normalized spacial score (nSPS) is 11.1. The van der Waals surface area contributed by atoms with Crippen molar-refractivity contribution in [3.8, 4) is 5.75 Å². The van der Waals surface area contributed by atoms with E-state index in [4.69, 9.17) is 21.2 Å². The van der Waals surface area contributed by atoms with Gasteiger partial charge in [0.05, 0.1) is 0 Å². The lowest BCUT2D eigenvalue weighted by Gasteiger charge is -2.14. The quantitative estimate of drug-likeness (QED) is 0.415. The molecule has 1 amide bonds. The lowest BCUT2D eigenvalue weighted by molar-refractivity contribution is -0.115. The van der Waals surface area contributed by atoms with Gasteiger partial charge in [0.1, 0.15) is 19.5 Å². The highest BCUT2D eigenvalue weighted by Gasteiger charge is 2.18. The van der Waals surface area contributed by atoms with E-state index in [1.165, 1.54) is 7.11 Å². The molecule has 0 radical (unpaired) electrons. The molecule has 0 unspecified atom stereocenters. The summed E-state index contributed by atoms with van der Waals surface area (Å²) in [6, 6.07) is 22.6. The third kappa shape index (κ3) is 5.61. The van der Waals surface area contributed by atoms with E-state index in [2.05, 4.69) is 10.5 Å². The number of nitrogens with one attached hydrogen (secondary N) is 1. The number of para-hydroxylation sites is 1. The number of oxime groups is 1. The Labute approximate surface area is 181 Å². The molecule has 3 aromatic carbocycles. The lowest BCUT2D eigenvalue weighted by atomic mass is 10.0. The van der Waals surface area contributed by atoms with Gasteiger partial charge in [-0.2, -0.15) is 0 Å². The Bertz CT molecular complexity index is 1030. The number of hydrogen-bond acceptors (Lipinski definition) is 4. The minimum absolute atomic E-state index is 0.190. The highest BCUT2D eigenvalue weighted by Crippen LogP contribution is 2.20. The molecule has 30 heavy (non-hydrogen) atoms. The maximum atomic E-state index is 12.9. The van der Waals surface area contributed by atoms with Gasteiger partial charge in [0.15, 0.2) is 5.71 Å². The van der Waals surface area contributed by atoms with E-state index in [1.807, 2.05) is 67.6 Å². The molecule has 3 aromatic rings. The molecule has 0 aromatic heterocycles. The molecule has 0 atom stereocenters. The summed E-state index contributed by atoms with van der Waals surface area (Å²) in [5, 5.41) is 7.51. The van der Waals surface area contributed by atoms with Crippen LogP contribution in [-0.2, 0) is 22.8 Å². The van der Waals surface area contributed by atoms with E-state index in [1.54, 1.807) is 12.1 Å². The van der Waals surface area contributed by atoms with Crippen molar-refractivity contribution in [2.24, 2.45) is 5.16 Å². The van der Waals surface area contributed by atoms with Gasteiger partial charge in [-0.05, 0) is 41.8 Å². The Balaban J connectivity index is 1.76. The Morgan fingerprint density at radius 1 is 1.00 bits per heavy atom. The third-order valence-corrected chi connectivity index (χ3v) is 4.77. The summed E-state index contributed by atoms with van der Waals surface area (Å²) in [6.07, 6.45) is 0. The van der Waals surface area contributed by atoms with Crippen LogP contribution >= 0.6 is 11.6 Å². The number of carbonyl (C=O) groups excluding carboxylic acids is 1. The summed E-state index contributed by atoms with van der Waals surface area (Å²) in [5.41, 5.74) is 3.65. The van der Waals surface area contributed by atoms with E-state index < -0.39 is 0 Å². The number of hydrogen-bond donors (Lipinski definition) is 1. The fourth-order valence-corrected chi connectivity index (χ4v) is 3.05. The predicted molar refractivity (Wildman–Crippen MR) is 119 cm³/mol. The van der Waals surface area contributed by atoms with Crippen LogP contribution in [0.2, 0.25) is 5.02 Å². The van der Waals surface area contributed by atoms with Crippen molar-refractivity contribution in [3.63, 3.8) is 0 Å². The molecule has 0 aliphatic heterocycles. The van der Waals surface area contributed by atoms with Gasteiger partial charge in [-0.15, -0.1) is 0 Å². The summed E-state index contributed by atoms with van der Waals surface area (Å²) in [7, 11) is 1.42. The molecule has 154 valence electrons. The molecule has 0 bridgehead atoms. The maximum Gasteiger partial charge on any atom is 0.274 e. The van der Waals surface area contributed by atoms with Gasteiger partial charge in [0.2, 0.25) is 0 Å². The first-order valence-electron chi connectivity index (χ1n) is 9.49. The first-order chi connectivity index (χ1) is 14.6. The number of aryl methyl sites for hydroxylation is 1. The summed E-state index contributed by atoms with van der Waals surface area (Å²) in [6.45, 7) is 2.64. The van der Waals surface area contributed by atoms with Gasteiger partial charge in [0.25, 0.3) is 5.91 Å². The van der Waals surface area contributed by atoms with Crippen LogP contribution in [0, 0.1) is 6.92 Å². The second-order valence-corrected chi connectivity index (χ2v) is 7.08. The summed E-state index contributed by atoms with van der Waals surface area (Å²) in [4.78, 5) is 17.8. The van der Waals surface area contributed by atoms with Crippen LogP contribution in [0.4, 0.5) is 0 Å². The molecule has 0 spiro atoms. The lowest BCUT2D eigenvalue weighted by Crippen LogP contribution is -2.32. The minimum atomic E-state index is -0.338. The van der Waals surface area contributed by atoms with Gasteiger partial charge < -0.3 is 14.9 Å². The number of amides is 1. The summed E-state index contributed by atoms with van der Waals surface area (Å²) in [5.74, 6) is 0.458. The zero-order valence-electron chi connectivity index (χ0n) is 16.9. The SMILES string of the molecule is CO/N=C(/C(=O)NCc1ccc(Cl)cc1)c1ccccc1COc1ccccc1C. The number of ether oxygens (including phenoxy) is 1. The van der Waals surface area contributed by atoms with E-state index in [-0.39, 0.29) is 11.6 Å². The topological polar surface area (TPSA) is 59.9 Å². The largest absolute Gasteiger partial charge is 0.489 e. The van der Waals surface area contributed by atoms with E-state index >= 15 is 0 Å². The number of halogens is 1. The first kappa shape index (κ1) is 21.4. The van der Waals surface area contributed by atoms with Crippen LogP contribution in [0.3, 0.4) is 0 Å². The first-order valence-corrected chi connectivity index (χ1v) is 9.87. The second kappa shape index (κ2) is 10.5. The van der Waals surface area contributed by atoms with E-state index in [9.17, 15) is 4.79 Å². The van der Waals surface area contributed by atoms with Crippen LogP contribution in [0.15, 0.2) is 78.0 Å². The van der Waals surface area contributed by atoms with Gasteiger partial charge in [-0.25, -0.2) is 0 Å². The van der Waals surface area contributed by atoms with E-state index in [0.29, 0.717) is 23.7 Å². The van der Waals surface area contributed by atoms with Crippen LogP contribution in [0.25, 0.3) is 0 Å². The standard InChI is InChI=1S/C24H23ClN2O3/c1-17-7-3-6-10-22(17)30-16-19-8-4-5-9-21(19)23(27-29-2)24(28)26-15-18-11-13-20(25)14-12-18/h3-14H,15-16H2,1-2H3,(H,26,28)/b27-23+. The Hall–Kier alpha value is -3.31. The molecule has 1 N–H and O–H groups in total. The number of rotatable bonds is 8. The predicted octanol–water partition coefficient (Wildman–Crippen LogP) is 4.89. The zero-order valence-corrected chi connectivity index (χ0v) is 17.6. The van der Waals surface area contributed by atoms with Crippen molar-refractivity contribution in [3.05, 3.63) is 100 Å². The van der Waals surface area contributed by atoms with E-state index in [0.717, 1.165) is 22.4 Å². The fraction of sp³-hybridized carbons (Fsp3) is 0.167. The molecule has 0 aliphatic carbocycles. The van der Waals surface area contributed by atoms with Crippen LogP contribution in [0.1, 0.15) is 22.3 Å². The molecular weight excluding hydrogens is 400 g/mol. The molecule has 0 saturated carbocycles. The zero-order chi connectivity index (χ0) is 21.3. The highest BCUT2D eigenvalue weighted by atomic mass is 35.5. The second-order valence-electron chi connectivity index (χ2n) is 6.64. The van der Waals surface area contributed by atoms with Gasteiger partial charge in [-0.1, -0.05) is 71.4 Å². The Morgan fingerprint density at radius 3 is 2.43 bits per heavy atom. The van der Waals surface area contributed by atoms with Gasteiger partial charge in [0, 0.05) is 17.1 Å². The minimum Gasteiger partial charge on any atom is -0.489 e. The fourth-order valence-electron chi connectivity index (χ4n) is 2.92. The molecule has 0 aliphatic rings. The molecular formula is C24H23ClN2O3. The molecule has 6 heteroatoms.